The standard InChI is InChI=1S/C13H18FNO3/c1-8(2)13(17)15-7-11(16)10-6-9(14)4-5-12(10)18-3/h4-6,8,11,16H,7H2,1-3H3,(H,15,17). The number of carbonyl (C=O) groups is 1. The molecular weight excluding hydrogens is 237 g/mol. The van der Waals surface area contributed by atoms with E-state index in [1.165, 1.54) is 25.3 Å². The van der Waals surface area contributed by atoms with E-state index in [9.17, 15) is 14.3 Å². The van der Waals surface area contributed by atoms with Gasteiger partial charge in [0.05, 0.1) is 13.2 Å². The van der Waals surface area contributed by atoms with Crippen LogP contribution in [-0.4, -0.2) is 24.7 Å². The van der Waals surface area contributed by atoms with Gasteiger partial charge in [-0.2, -0.15) is 0 Å². The van der Waals surface area contributed by atoms with Gasteiger partial charge in [-0.25, -0.2) is 4.39 Å². The number of methoxy groups -OCH3 is 1. The van der Waals surface area contributed by atoms with E-state index in [0.717, 1.165) is 0 Å². The molecule has 0 aromatic heterocycles. The van der Waals surface area contributed by atoms with Crippen molar-refractivity contribution in [1.82, 2.24) is 5.32 Å². The molecule has 2 N–H and O–H groups in total. The summed E-state index contributed by atoms with van der Waals surface area (Å²) in [6.07, 6.45) is -1.00. The highest BCUT2D eigenvalue weighted by Gasteiger charge is 2.16. The van der Waals surface area contributed by atoms with Gasteiger partial charge < -0.3 is 15.2 Å². The summed E-state index contributed by atoms with van der Waals surface area (Å²) in [5.41, 5.74) is 0.321. The molecule has 0 bridgehead atoms. The maximum atomic E-state index is 13.1. The Morgan fingerprint density at radius 2 is 2.17 bits per heavy atom. The number of aliphatic hydroxyl groups excluding tert-OH is 1. The Bertz CT molecular complexity index is 421. The van der Waals surface area contributed by atoms with Crippen molar-refractivity contribution < 1.29 is 19.0 Å². The van der Waals surface area contributed by atoms with E-state index in [-0.39, 0.29) is 18.4 Å². The first-order chi connectivity index (χ1) is 8.45. The minimum absolute atomic E-state index is 0.0246. The molecule has 1 unspecified atom stereocenters. The Kier molecular flexibility index (Phi) is 5.09. The normalized spacial score (nSPS) is 12.3. The Morgan fingerprint density at radius 1 is 1.50 bits per heavy atom. The zero-order valence-corrected chi connectivity index (χ0v) is 10.7. The third-order valence-electron chi connectivity index (χ3n) is 2.54. The number of carbonyl (C=O) groups excluding carboxylic acids is 1. The molecule has 0 aliphatic carbocycles. The number of nitrogens with one attached hydrogen (secondary N) is 1. The molecule has 4 nitrogen and oxygen atoms in total. The third-order valence-corrected chi connectivity index (χ3v) is 2.54. The van der Waals surface area contributed by atoms with Gasteiger partial charge in [0.2, 0.25) is 5.91 Å². The second-order valence-electron chi connectivity index (χ2n) is 4.30. The van der Waals surface area contributed by atoms with Gasteiger partial charge in [-0.05, 0) is 18.2 Å². The molecule has 0 saturated heterocycles. The molecule has 0 aliphatic heterocycles. The Morgan fingerprint density at radius 3 is 2.72 bits per heavy atom. The molecule has 5 heteroatoms. The highest BCUT2D eigenvalue weighted by atomic mass is 19.1. The van der Waals surface area contributed by atoms with Crippen molar-refractivity contribution in [2.24, 2.45) is 5.92 Å². The summed E-state index contributed by atoms with van der Waals surface area (Å²) >= 11 is 0. The number of halogens is 1. The van der Waals surface area contributed by atoms with Gasteiger partial charge in [0.15, 0.2) is 0 Å². The monoisotopic (exact) mass is 255 g/mol. The molecule has 0 saturated carbocycles. The van der Waals surface area contributed by atoms with Crippen molar-refractivity contribution in [2.75, 3.05) is 13.7 Å². The van der Waals surface area contributed by atoms with E-state index in [1.54, 1.807) is 13.8 Å². The average Bonchev–Trinajstić information content (AvgIpc) is 2.35. The molecule has 18 heavy (non-hydrogen) atoms. The lowest BCUT2D eigenvalue weighted by atomic mass is 10.1. The van der Waals surface area contributed by atoms with Crippen molar-refractivity contribution in [3.05, 3.63) is 29.6 Å². The van der Waals surface area contributed by atoms with Gasteiger partial charge in [0, 0.05) is 18.0 Å². The van der Waals surface area contributed by atoms with Gasteiger partial charge in [0.25, 0.3) is 0 Å². The lowest BCUT2D eigenvalue weighted by Crippen LogP contribution is -2.31. The van der Waals surface area contributed by atoms with Gasteiger partial charge >= 0.3 is 0 Å². The van der Waals surface area contributed by atoms with E-state index < -0.39 is 11.9 Å². The Balaban J connectivity index is 2.74. The molecule has 0 heterocycles. The molecule has 1 rings (SSSR count). The van der Waals surface area contributed by atoms with Crippen LogP contribution in [0.3, 0.4) is 0 Å². The predicted octanol–water partition coefficient (Wildman–Crippen LogP) is 1.64. The van der Waals surface area contributed by atoms with Crippen molar-refractivity contribution in [3.8, 4) is 5.75 Å². The number of amides is 1. The van der Waals surface area contributed by atoms with E-state index in [2.05, 4.69) is 5.32 Å². The van der Waals surface area contributed by atoms with Gasteiger partial charge in [-0.3, -0.25) is 4.79 Å². The number of aliphatic hydroxyl groups is 1. The minimum atomic E-state index is -1.00. The summed E-state index contributed by atoms with van der Waals surface area (Å²) in [5.74, 6) is -0.390. The van der Waals surface area contributed by atoms with Crippen LogP contribution in [0.25, 0.3) is 0 Å². The second kappa shape index (κ2) is 6.35. The first-order valence-electron chi connectivity index (χ1n) is 5.75. The number of rotatable bonds is 5. The van der Waals surface area contributed by atoms with Crippen molar-refractivity contribution >= 4 is 5.91 Å². The highest BCUT2D eigenvalue weighted by Crippen LogP contribution is 2.25. The van der Waals surface area contributed by atoms with Crippen LogP contribution in [0.2, 0.25) is 0 Å². The molecule has 1 atom stereocenters. The first-order valence-corrected chi connectivity index (χ1v) is 5.75. The van der Waals surface area contributed by atoms with Gasteiger partial charge in [-0.15, -0.1) is 0 Å². The second-order valence-corrected chi connectivity index (χ2v) is 4.30. The highest BCUT2D eigenvalue weighted by molar-refractivity contribution is 5.77. The summed E-state index contributed by atoms with van der Waals surface area (Å²) in [7, 11) is 1.44. The van der Waals surface area contributed by atoms with Crippen molar-refractivity contribution in [2.45, 2.75) is 20.0 Å². The van der Waals surface area contributed by atoms with Crippen LogP contribution in [-0.2, 0) is 4.79 Å². The van der Waals surface area contributed by atoms with E-state index >= 15 is 0 Å². The molecule has 100 valence electrons. The predicted molar refractivity (Wildman–Crippen MR) is 65.8 cm³/mol. The van der Waals surface area contributed by atoms with Crippen LogP contribution in [0.4, 0.5) is 4.39 Å². The minimum Gasteiger partial charge on any atom is -0.496 e. The number of ether oxygens (including phenoxy) is 1. The van der Waals surface area contributed by atoms with Crippen molar-refractivity contribution in [3.63, 3.8) is 0 Å². The molecule has 0 aliphatic rings. The maximum absolute atomic E-state index is 13.1. The number of hydrogen-bond donors (Lipinski definition) is 2. The van der Waals surface area contributed by atoms with Crippen LogP contribution < -0.4 is 10.1 Å². The van der Waals surface area contributed by atoms with Gasteiger partial charge in [-0.1, -0.05) is 13.8 Å². The largest absolute Gasteiger partial charge is 0.496 e. The summed E-state index contributed by atoms with van der Waals surface area (Å²) in [6.45, 7) is 3.53. The van der Waals surface area contributed by atoms with E-state index in [0.29, 0.717) is 11.3 Å². The molecule has 1 aromatic rings. The van der Waals surface area contributed by atoms with E-state index in [1.807, 2.05) is 0 Å². The number of benzene rings is 1. The lowest BCUT2D eigenvalue weighted by molar-refractivity contribution is -0.124. The van der Waals surface area contributed by atoms with Gasteiger partial charge in [0.1, 0.15) is 11.6 Å². The fraction of sp³-hybridized carbons (Fsp3) is 0.462. The summed E-state index contributed by atoms with van der Waals surface area (Å²) in [4.78, 5) is 11.4. The Labute approximate surface area is 106 Å². The fourth-order valence-corrected chi connectivity index (χ4v) is 1.48. The van der Waals surface area contributed by atoms with Crippen LogP contribution in [0.5, 0.6) is 5.75 Å². The molecule has 0 radical (unpaired) electrons. The summed E-state index contributed by atoms with van der Waals surface area (Å²) < 4.78 is 18.2. The third kappa shape index (κ3) is 3.70. The maximum Gasteiger partial charge on any atom is 0.222 e. The Hall–Kier alpha value is -1.62. The molecule has 1 aromatic carbocycles. The van der Waals surface area contributed by atoms with Crippen LogP contribution in [0, 0.1) is 11.7 Å². The SMILES string of the molecule is COc1ccc(F)cc1C(O)CNC(=O)C(C)C. The molecule has 0 spiro atoms. The average molecular weight is 255 g/mol. The fourth-order valence-electron chi connectivity index (χ4n) is 1.48. The van der Waals surface area contributed by atoms with Crippen molar-refractivity contribution in [1.29, 1.82) is 0 Å². The zero-order valence-electron chi connectivity index (χ0n) is 10.7. The summed E-state index contributed by atoms with van der Waals surface area (Å²) in [6, 6.07) is 3.89. The lowest BCUT2D eigenvalue weighted by Gasteiger charge is -2.16. The zero-order chi connectivity index (χ0) is 13.7. The molecule has 1 amide bonds. The van der Waals surface area contributed by atoms with Crippen LogP contribution in [0.15, 0.2) is 18.2 Å². The quantitative estimate of drug-likeness (QED) is 0.841. The number of hydrogen-bond acceptors (Lipinski definition) is 3. The molecule has 0 fully saturated rings. The topological polar surface area (TPSA) is 58.6 Å². The van der Waals surface area contributed by atoms with Crippen LogP contribution in [0.1, 0.15) is 25.5 Å². The van der Waals surface area contributed by atoms with E-state index in [4.69, 9.17) is 4.74 Å². The first kappa shape index (κ1) is 14.4. The molecular formula is C13H18FNO3. The smallest absolute Gasteiger partial charge is 0.222 e. The summed E-state index contributed by atoms with van der Waals surface area (Å²) in [5, 5.41) is 12.5. The van der Waals surface area contributed by atoms with Crippen LogP contribution >= 0.6 is 0 Å².